The van der Waals surface area contributed by atoms with Gasteiger partial charge in [0.15, 0.2) is 5.96 Å². The summed E-state index contributed by atoms with van der Waals surface area (Å²) in [5.74, 6) is 1.68. The van der Waals surface area contributed by atoms with Gasteiger partial charge in [-0.1, -0.05) is 11.6 Å². The van der Waals surface area contributed by atoms with E-state index in [4.69, 9.17) is 16.3 Å². The number of halogens is 2. The third-order valence-corrected chi connectivity index (χ3v) is 2.82. The second-order valence-electron chi connectivity index (χ2n) is 3.82. The quantitative estimate of drug-likeness (QED) is 0.791. The van der Waals surface area contributed by atoms with E-state index < -0.39 is 0 Å². The lowest BCUT2D eigenvalue weighted by Gasteiger charge is -2.17. The van der Waals surface area contributed by atoms with Gasteiger partial charge >= 0.3 is 0 Å². The van der Waals surface area contributed by atoms with Crippen molar-refractivity contribution in [1.82, 2.24) is 10.6 Å². The van der Waals surface area contributed by atoms with Crippen molar-refractivity contribution in [3.8, 4) is 5.75 Å². The number of rotatable bonds is 3. The molecule has 0 saturated heterocycles. The number of nitrogens with zero attached hydrogens (tertiary/aromatic N) is 1. The van der Waals surface area contributed by atoms with Gasteiger partial charge in [-0.15, -0.1) is 24.0 Å². The fraction of sp³-hybridized carbons (Fsp3) is 0.417. The molecule has 2 N–H and O–H groups in total. The van der Waals surface area contributed by atoms with Crippen LogP contribution < -0.4 is 15.4 Å². The summed E-state index contributed by atoms with van der Waals surface area (Å²) in [4.78, 5) is 4.34. The van der Waals surface area contributed by atoms with Crippen LogP contribution in [0.2, 0.25) is 5.02 Å². The average Bonchev–Trinajstić information content (AvgIpc) is 2.38. The molecule has 1 heterocycles. The summed E-state index contributed by atoms with van der Waals surface area (Å²) >= 11 is 5.97. The molecule has 1 aromatic carbocycles. The van der Waals surface area contributed by atoms with Crippen molar-refractivity contribution >= 4 is 41.5 Å². The molecule has 100 valence electrons. The van der Waals surface area contributed by atoms with Gasteiger partial charge < -0.3 is 15.4 Å². The maximum atomic E-state index is 5.97. The van der Waals surface area contributed by atoms with Crippen molar-refractivity contribution in [1.29, 1.82) is 0 Å². The SMILES string of the molecule is COc1ccc(Cl)cc1CNC1=NCCCN1.I. The molecule has 0 aromatic heterocycles. The molecular weight excluding hydrogens is 365 g/mol. The highest BCUT2D eigenvalue weighted by Gasteiger charge is 2.06. The molecule has 1 aliphatic heterocycles. The zero-order valence-corrected chi connectivity index (χ0v) is 13.3. The largest absolute Gasteiger partial charge is 0.496 e. The van der Waals surface area contributed by atoms with Gasteiger partial charge in [0, 0.05) is 30.2 Å². The Morgan fingerprint density at radius 2 is 2.33 bits per heavy atom. The zero-order valence-electron chi connectivity index (χ0n) is 10.2. The van der Waals surface area contributed by atoms with Crippen LogP contribution in [0.5, 0.6) is 5.75 Å². The van der Waals surface area contributed by atoms with E-state index in [1.165, 1.54) is 0 Å². The van der Waals surface area contributed by atoms with Crippen LogP contribution in [-0.4, -0.2) is 26.2 Å². The second-order valence-corrected chi connectivity index (χ2v) is 4.26. The van der Waals surface area contributed by atoms with Gasteiger partial charge in [-0.05, 0) is 24.6 Å². The summed E-state index contributed by atoms with van der Waals surface area (Å²) in [6.45, 7) is 2.50. The first-order chi connectivity index (χ1) is 8.29. The summed E-state index contributed by atoms with van der Waals surface area (Å²) in [5.41, 5.74) is 1.02. The fourth-order valence-electron chi connectivity index (χ4n) is 1.72. The number of ether oxygens (including phenoxy) is 1. The summed E-state index contributed by atoms with van der Waals surface area (Å²) in [6.07, 6.45) is 1.09. The number of aliphatic imine (C=N–C) groups is 1. The number of hydrogen-bond donors (Lipinski definition) is 2. The third kappa shape index (κ3) is 4.20. The minimum atomic E-state index is 0. The highest BCUT2D eigenvalue weighted by molar-refractivity contribution is 14.0. The minimum absolute atomic E-state index is 0. The van der Waals surface area contributed by atoms with Crippen LogP contribution in [0.3, 0.4) is 0 Å². The van der Waals surface area contributed by atoms with E-state index in [1.807, 2.05) is 18.2 Å². The first kappa shape index (κ1) is 15.4. The zero-order chi connectivity index (χ0) is 12.1. The molecule has 1 aromatic rings. The fourth-order valence-corrected chi connectivity index (χ4v) is 1.91. The van der Waals surface area contributed by atoms with Crippen LogP contribution in [0.4, 0.5) is 0 Å². The van der Waals surface area contributed by atoms with E-state index in [0.717, 1.165) is 36.8 Å². The van der Waals surface area contributed by atoms with Gasteiger partial charge in [0.05, 0.1) is 7.11 Å². The van der Waals surface area contributed by atoms with Crippen LogP contribution in [0.15, 0.2) is 23.2 Å². The molecule has 1 aliphatic rings. The predicted octanol–water partition coefficient (Wildman–Crippen LogP) is 2.41. The van der Waals surface area contributed by atoms with E-state index in [2.05, 4.69) is 15.6 Å². The minimum Gasteiger partial charge on any atom is -0.496 e. The van der Waals surface area contributed by atoms with E-state index in [-0.39, 0.29) is 24.0 Å². The molecule has 4 nitrogen and oxygen atoms in total. The van der Waals surface area contributed by atoms with Crippen LogP contribution in [0, 0.1) is 0 Å². The second kappa shape index (κ2) is 7.68. The van der Waals surface area contributed by atoms with Crippen molar-refractivity contribution in [2.75, 3.05) is 20.2 Å². The molecule has 0 bridgehead atoms. The van der Waals surface area contributed by atoms with Crippen LogP contribution in [0.25, 0.3) is 0 Å². The maximum absolute atomic E-state index is 5.97. The van der Waals surface area contributed by atoms with Gasteiger partial charge in [0.1, 0.15) is 5.75 Å². The highest BCUT2D eigenvalue weighted by atomic mass is 127. The Kier molecular flexibility index (Phi) is 6.56. The Hall–Kier alpha value is -0.690. The molecule has 2 rings (SSSR count). The van der Waals surface area contributed by atoms with E-state index >= 15 is 0 Å². The number of benzene rings is 1. The average molecular weight is 382 g/mol. The van der Waals surface area contributed by atoms with Crippen molar-refractivity contribution in [2.24, 2.45) is 4.99 Å². The summed E-state index contributed by atoms with van der Waals surface area (Å²) in [7, 11) is 1.66. The van der Waals surface area contributed by atoms with Crippen molar-refractivity contribution < 1.29 is 4.74 Å². The summed E-state index contributed by atoms with van der Waals surface area (Å²) in [5, 5.41) is 7.16. The van der Waals surface area contributed by atoms with Gasteiger partial charge in [-0.3, -0.25) is 4.99 Å². The molecule has 0 spiro atoms. The van der Waals surface area contributed by atoms with Crippen molar-refractivity contribution in [3.05, 3.63) is 28.8 Å². The number of guanidine groups is 1. The molecule has 0 saturated carbocycles. The molecule has 0 amide bonds. The summed E-state index contributed by atoms with van der Waals surface area (Å²) < 4.78 is 5.28. The lowest BCUT2D eigenvalue weighted by Crippen LogP contribution is -2.40. The summed E-state index contributed by atoms with van der Waals surface area (Å²) in [6, 6.07) is 5.59. The van der Waals surface area contributed by atoms with Crippen molar-refractivity contribution in [3.63, 3.8) is 0 Å². The van der Waals surface area contributed by atoms with Crippen LogP contribution >= 0.6 is 35.6 Å². The van der Waals surface area contributed by atoms with Crippen LogP contribution in [-0.2, 0) is 6.54 Å². The first-order valence-corrected chi connectivity index (χ1v) is 6.02. The van der Waals surface area contributed by atoms with E-state index in [9.17, 15) is 0 Å². The van der Waals surface area contributed by atoms with Crippen LogP contribution in [0.1, 0.15) is 12.0 Å². The Labute approximate surface area is 129 Å². The first-order valence-electron chi connectivity index (χ1n) is 5.64. The number of nitrogens with one attached hydrogen (secondary N) is 2. The normalized spacial score (nSPS) is 14.0. The monoisotopic (exact) mass is 381 g/mol. The topological polar surface area (TPSA) is 45.6 Å². The van der Waals surface area contributed by atoms with Gasteiger partial charge in [0.25, 0.3) is 0 Å². The Bertz CT molecular complexity index is 426. The molecule has 0 radical (unpaired) electrons. The van der Waals surface area contributed by atoms with E-state index in [0.29, 0.717) is 11.6 Å². The Balaban J connectivity index is 0.00000162. The van der Waals surface area contributed by atoms with Gasteiger partial charge in [0.2, 0.25) is 0 Å². The smallest absolute Gasteiger partial charge is 0.191 e. The Morgan fingerprint density at radius 3 is 3.00 bits per heavy atom. The maximum Gasteiger partial charge on any atom is 0.191 e. The number of methoxy groups -OCH3 is 1. The molecule has 0 fully saturated rings. The Morgan fingerprint density at radius 1 is 1.50 bits per heavy atom. The molecule has 18 heavy (non-hydrogen) atoms. The standard InChI is InChI=1S/C12H16ClN3O.HI/c1-17-11-4-3-10(13)7-9(11)8-16-12-14-5-2-6-15-12;/h3-4,7H,2,5-6,8H2,1H3,(H2,14,15,16);1H. The van der Waals surface area contributed by atoms with E-state index in [1.54, 1.807) is 7.11 Å². The molecule has 0 unspecified atom stereocenters. The van der Waals surface area contributed by atoms with Gasteiger partial charge in [-0.25, -0.2) is 0 Å². The van der Waals surface area contributed by atoms with Crippen molar-refractivity contribution in [2.45, 2.75) is 13.0 Å². The predicted molar refractivity (Wildman–Crippen MR) is 85.2 cm³/mol. The molecule has 6 heteroatoms. The molecule has 0 aliphatic carbocycles. The lowest BCUT2D eigenvalue weighted by atomic mass is 10.2. The number of hydrogen-bond acceptors (Lipinski definition) is 4. The highest BCUT2D eigenvalue weighted by Crippen LogP contribution is 2.22. The molecule has 0 atom stereocenters. The third-order valence-electron chi connectivity index (χ3n) is 2.59. The molecular formula is C12H17ClIN3O. The lowest BCUT2D eigenvalue weighted by molar-refractivity contribution is 0.409. The van der Waals surface area contributed by atoms with Gasteiger partial charge in [-0.2, -0.15) is 0 Å².